The van der Waals surface area contributed by atoms with Crippen molar-refractivity contribution in [3.63, 3.8) is 0 Å². The number of carbonyl (C=O) groups excluding carboxylic acids is 1. The minimum Gasteiger partial charge on any atom is -0.388 e. The van der Waals surface area contributed by atoms with Gasteiger partial charge in [0.2, 0.25) is 11.7 Å². The van der Waals surface area contributed by atoms with Crippen LogP contribution in [-0.2, 0) is 16.0 Å². The van der Waals surface area contributed by atoms with E-state index >= 15 is 0 Å². The minimum atomic E-state index is -1.37. The Morgan fingerprint density at radius 3 is 2.75 bits per heavy atom. The van der Waals surface area contributed by atoms with E-state index in [4.69, 9.17) is 4.74 Å². The third-order valence-corrected chi connectivity index (χ3v) is 7.53. The van der Waals surface area contributed by atoms with Gasteiger partial charge in [0, 0.05) is 25.9 Å². The maximum Gasteiger partial charge on any atom is 0.328 e. The smallest absolute Gasteiger partial charge is 0.328 e. The number of aliphatic hydroxyl groups is 1. The van der Waals surface area contributed by atoms with Crippen molar-refractivity contribution >= 4 is 16.9 Å². The largest absolute Gasteiger partial charge is 0.388 e. The number of benzene rings is 1. The topological polar surface area (TPSA) is 133 Å². The van der Waals surface area contributed by atoms with E-state index < -0.39 is 34.3 Å². The number of nitrogens with zero attached hydrogens (tertiary/aromatic N) is 3. The molecule has 192 valence electrons. The first-order valence-corrected chi connectivity index (χ1v) is 12.2. The van der Waals surface area contributed by atoms with E-state index in [9.17, 15) is 23.9 Å². The summed E-state index contributed by atoms with van der Waals surface area (Å²) in [7, 11) is 0. The lowest BCUT2D eigenvalue weighted by atomic mass is 9.75. The van der Waals surface area contributed by atoms with E-state index in [1.807, 2.05) is 35.0 Å². The number of imidazole rings is 1. The summed E-state index contributed by atoms with van der Waals surface area (Å²) in [5.74, 6) is -0.174. The summed E-state index contributed by atoms with van der Waals surface area (Å²) in [6, 6.07) is 5.13. The molecule has 2 atom stereocenters. The summed E-state index contributed by atoms with van der Waals surface area (Å²) in [6.07, 6.45) is 3.17. The predicted octanol–water partition coefficient (Wildman–Crippen LogP) is 1.57. The zero-order chi connectivity index (χ0) is 25.7. The van der Waals surface area contributed by atoms with Gasteiger partial charge in [-0.05, 0) is 50.8 Å². The number of hydrogen-bond acceptors (Lipinski definition) is 6. The molecule has 0 bridgehead atoms. The van der Waals surface area contributed by atoms with Gasteiger partial charge in [-0.3, -0.25) is 19.1 Å². The van der Waals surface area contributed by atoms with Crippen LogP contribution in [-0.4, -0.2) is 66.3 Å². The second-order valence-corrected chi connectivity index (χ2v) is 10.2. The highest BCUT2D eigenvalue weighted by Gasteiger charge is 2.50. The Labute approximate surface area is 206 Å². The Balaban J connectivity index is 1.19. The zero-order valence-electron chi connectivity index (χ0n) is 20.3. The van der Waals surface area contributed by atoms with Gasteiger partial charge in [0.1, 0.15) is 5.82 Å². The number of aromatic amines is 2. The fourth-order valence-electron chi connectivity index (χ4n) is 5.56. The molecule has 2 fully saturated rings. The number of fused-ring (bicyclic) bond motifs is 1. The highest BCUT2D eigenvalue weighted by Crippen LogP contribution is 2.43. The first kappa shape index (κ1) is 24.4. The van der Waals surface area contributed by atoms with Crippen molar-refractivity contribution in [2.45, 2.75) is 63.2 Å². The molecular weight excluding hydrogens is 469 g/mol. The van der Waals surface area contributed by atoms with E-state index in [0.717, 1.165) is 33.2 Å². The molecule has 0 saturated carbocycles. The van der Waals surface area contributed by atoms with Crippen molar-refractivity contribution in [1.29, 1.82) is 0 Å². The van der Waals surface area contributed by atoms with Gasteiger partial charge in [0.05, 0.1) is 41.1 Å². The monoisotopic (exact) mass is 499 g/mol. The van der Waals surface area contributed by atoms with Gasteiger partial charge < -0.3 is 19.7 Å². The van der Waals surface area contributed by atoms with Crippen LogP contribution >= 0.6 is 0 Å². The Morgan fingerprint density at radius 1 is 1.28 bits per heavy atom. The van der Waals surface area contributed by atoms with Crippen LogP contribution in [0.5, 0.6) is 0 Å². The Bertz CT molecular complexity index is 1420. The highest BCUT2D eigenvalue weighted by atomic mass is 19.1. The van der Waals surface area contributed by atoms with Crippen LogP contribution in [0.2, 0.25) is 0 Å². The maximum atomic E-state index is 13.8. The number of ether oxygens (including phenoxy) is 1. The first-order chi connectivity index (χ1) is 17.1. The van der Waals surface area contributed by atoms with Crippen molar-refractivity contribution in [2.24, 2.45) is 0 Å². The first-order valence-electron chi connectivity index (χ1n) is 12.2. The number of nitrogens with one attached hydrogen (secondary N) is 2. The molecule has 3 aromatic rings. The van der Waals surface area contributed by atoms with Crippen molar-refractivity contribution in [3.05, 3.63) is 62.4 Å². The molecule has 2 saturated heterocycles. The highest BCUT2D eigenvalue weighted by molar-refractivity contribution is 5.78. The number of piperidine rings is 1. The molecule has 4 heterocycles. The van der Waals surface area contributed by atoms with Crippen LogP contribution in [0, 0.1) is 12.7 Å². The molecule has 3 N–H and O–H groups in total. The van der Waals surface area contributed by atoms with Gasteiger partial charge in [0.15, 0.2) is 0 Å². The quantitative estimate of drug-likeness (QED) is 0.499. The molecule has 2 aliphatic heterocycles. The Morgan fingerprint density at radius 2 is 2.03 bits per heavy atom. The number of aromatic nitrogens is 4. The molecule has 5 rings (SSSR count). The van der Waals surface area contributed by atoms with Crippen LogP contribution in [0.25, 0.3) is 11.0 Å². The summed E-state index contributed by atoms with van der Waals surface area (Å²) in [5, 5.41) is 11.2. The van der Waals surface area contributed by atoms with Gasteiger partial charge in [-0.25, -0.2) is 9.78 Å². The van der Waals surface area contributed by atoms with Gasteiger partial charge in [-0.15, -0.1) is 0 Å². The zero-order valence-corrected chi connectivity index (χ0v) is 20.3. The van der Waals surface area contributed by atoms with Gasteiger partial charge in [0.25, 0.3) is 5.56 Å². The molecule has 1 aromatic carbocycles. The number of halogens is 1. The molecule has 2 aliphatic rings. The number of carbonyl (C=O) groups is 1. The SMILES string of the molecule is Cc1nc2ccc(CCC(=O)N3CCC4(CC3)C[C@@](C)(O)[C@H](n3cc(F)c(=O)[nH]c3=O)CO4)cc2[nH]1. The lowest BCUT2D eigenvalue weighted by molar-refractivity contribution is -0.198. The Hall–Kier alpha value is -3.31. The summed E-state index contributed by atoms with van der Waals surface area (Å²) in [5.41, 5.74) is -0.965. The second-order valence-electron chi connectivity index (χ2n) is 10.2. The van der Waals surface area contributed by atoms with Crippen LogP contribution in [0.4, 0.5) is 4.39 Å². The molecule has 0 radical (unpaired) electrons. The molecule has 11 heteroatoms. The van der Waals surface area contributed by atoms with Crippen molar-refractivity contribution in [1.82, 2.24) is 24.4 Å². The van der Waals surface area contributed by atoms with Crippen LogP contribution < -0.4 is 11.2 Å². The molecule has 2 aromatic heterocycles. The number of likely N-dealkylation sites (tertiary alicyclic amines) is 1. The minimum absolute atomic E-state index is 0.0120. The van der Waals surface area contributed by atoms with Gasteiger partial charge in [-0.2, -0.15) is 4.39 Å². The molecule has 1 amide bonds. The summed E-state index contributed by atoms with van der Waals surface area (Å²) < 4.78 is 20.9. The van der Waals surface area contributed by atoms with Crippen molar-refractivity contribution in [3.8, 4) is 0 Å². The number of aryl methyl sites for hydroxylation is 2. The van der Waals surface area contributed by atoms with Crippen LogP contribution in [0.3, 0.4) is 0 Å². The average Bonchev–Trinajstić information content (AvgIpc) is 3.19. The van der Waals surface area contributed by atoms with E-state index in [0.29, 0.717) is 38.8 Å². The molecule has 36 heavy (non-hydrogen) atoms. The van der Waals surface area contributed by atoms with E-state index in [-0.39, 0.29) is 18.9 Å². The molecular formula is C25H30FN5O5. The molecule has 10 nitrogen and oxygen atoms in total. The average molecular weight is 500 g/mol. The summed E-state index contributed by atoms with van der Waals surface area (Å²) in [4.78, 5) is 47.8. The third-order valence-electron chi connectivity index (χ3n) is 7.53. The maximum absolute atomic E-state index is 13.8. The second kappa shape index (κ2) is 8.97. The van der Waals surface area contributed by atoms with Gasteiger partial charge in [-0.1, -0.05) is 6.07 Å². The molecule has 0 unspecified atom stereocenters. The lowest BCUT2D eigenvalue weighted by Crippen LogP contribution is -2.59. The third kappa shape index (κ3) is 4.60. The van der Waals surface area contributed by atoms with E-state index in [2.05, 4.69) is 9.97 Å². The number of rotatable bonds is 4. The predicted molar refractivity (Wildman–Crippen MR) is 129 cm³/mol. The number of amides is 1. The summed E-state index contributed by atoms with van der Waals surface area (Å²) in [6.45, 7) is 4.50. The van der Waals surface area contributed by atoms with Crippen LogP contribution in [0.1, 0.15) is 50.0 Å². The number of hydrogen-bond donors (Lipinski definition) is 3. The Kier molecular flexibility index (Phi) is 6.08. The number of H-pyrrole nitrogens is 2. The fraction of sp³-hybridized carbons (Fsp3) is 0.520. The lowest BCUT2D eigenvalue weighted by Gasteiger charge is -2.51. The standard InChI is InChI=1S/C25H30FN5O5/c1-15-27-18-5-3-16(11-19(18)28-15)4-6-21(32)30-9-7-25(8-10-30)14-24(2,35)20(13-36-25)31-12-17(26)22(33)29-23(31)34/h3,5,11-12,20,35H,4,6-10,13-14H2,1-2H3,(H,27,28)(H,29,33,34)/t20-,24-/m1/s1. The van der Waals surface area contributed by atoms with E-state index in [1.54, 1.807) is 6.92 Å². The van der Waals surface area contributed by atoms with Crippen LogP contribution in [0.15, 0.2) is 34.0 Å². The van der Waals surface area contributed by atoms with E-state index in [1.165, 1.54) is 0 Å². The normalized spacial score (nSPS) is 23.9. The van der Waals surface area contributed by atoms with Gasteiger partial charge >= 0.3 is 5.69 Å². The fourth-order valence-corrected chi connectivity index (χ4v) is 5.56. The summed E-state index contributed by atoms with van der Waals surface area (Å²) >= 11 is 0. The molecule has 1 spiro atoms. The molecule has 0 aliphatic carbocycles. The van der Waals surface area contributed by atoms with Crippen molar-refractivity contribution < 1.29 is 19.0 Å². The van der Waals surface area contributed by atoms with Crippen molar-refractivity contribution in [2.75, 3.05) is 19.7 Å².